The van der Waals surface area contributed by atoms with Gasteiger partial charge in [0.1, 0.15) is 6.10 Å². The van der Waals surface area contributed by atoms with Crippen molar-refractivity contribution in [3.8, 4) is 0 Å². The Morgan fingerprint density at radius 3 is 1.93 bits per heavy atom. The van der Waals surface area contributed by atoms with Crippen molar-refractivity contribution in [1.82, 2.24) is 0 Å². The van der Waals surface area contributed by atoms with Crippen molar-refractivity contribution in [3.63, 3.8) is 0 Å². The summed E-state index contributed by atoms with van der Waals surface area (Å²) < 4.78 is 0. The zero-order valence-electron chi connectivity index (χ0n) is 7.44. The summed E-state index contributed by atoms with van der Waals surface area (Å²) in [5.74, 6) is -1.91. The summed E-state index contributed by atoms with van der Waals surface area (Å²) in [7, 11) is 0. The zero-order valence-corrected chi connectivity index (χ0v) is 7.44. The van der Waals surface area contributed by atoms with Gasteiger partial charge in [0, 0.05) is 0 Å². The van der Waals surface area contributed by atoms with Crippen LogP contribution < -0.4 is 11.5 Å². The molecule has 9 heteroatoms. The Balaban J connectivity index is 5.03. The van der Waals surface area contributed by atoms with Crippen LogP contribution in [0.2, 0.25) is 0 Å². The Kier molecular flexibility index (Phi) is 3.88. The van der Waals surface area contributed by atoms with Crippen LogP contribution in [0.15, 0.2) is 0 Å². The number of carboxylic acids is 1. The molecule has 9 N–H and O–H groups in total. The van der Waals surface area contributed by atoms with Crippen molar-refractivity contribution in [2.45, 2.75) is 23.7 Å². The Morgan fingerprint density at radius 1 is 1.27 bits per heavy atom. The van der Waals surface area contributed by atoms with Crippen LogP contribution in [-0.2, 0) is 9.59 Å². The fourth-order valence-corrected chi connectivity index (χ4v) is 0.707. The molecular weight excluding hydrogens is 212 g/mol. The van der Waals surface area contributed by atoms with Gasteiger partial charge in [-0.2, -0.15) is 0 Å². The van der Waals surface area contributed by atoms with E-state index in [1.54, 1.807) is 0 Å². The highest BCUT2D eigenvalue weighted by molar-refractivity contribution is 5.73. The molecule has 0 aliphatic rings. The number of carbonyl (C=O) groups excluding carboxylic acids is 1. The van der Waals surface area contributed by atoms with Gasteiger partial charge >= 0.3 is 5.97 Å². The molecule has 88 valence electrons. The van der Waals surface area contributed by atoms with E-state index >= 15 is 0 Å². The summed E-state index contributed by atoms with van der Waals surface area (Å²) in [5.41, 5.74) is 3.35. The molecule has 9 nitrogen and oxygen atoms in total. The average Bonchev–Trinajstić information content (AvgIpc) is 2.14. The molecule has 0 aliphatic heterocycles. The van der Waals surface area contributed by atoms with E-state index in [9.17, 15) is 14.7 Å². The van der Waals surface area contributed by atoms with Crippen molar-refractivity contribution >= 4 is 12.3 Å². The summed E-state index contributed by atoms with van der Waals surface area (Å²) in [4.78, 5) is 20.4. The molecule has 0 aromatic carbocycles. The molecule has 0 radical (unpaired) electrons. The van der Waals surface area contributed by atoms with E-state index in [1.165, 1.54) is 0 Å². The number of aliphatic hydroxyl groups excluding tert-OH is 2. The first-order chi connectivity index (χ1) is 6.58. The summed E-state index contributed by atoms with van der Waals surface area (Å²) in [5, 5.41) is 44.4. The second kappa shape index (κ2) is 4.18. The van der Waals surface area contributed by atoms with E-state index in [4.69, 9.17) is 31.9 Å². The Hall–Kier alpha value is -1.10. The van der Waals surface area contributed by atoms with Gasteiger partial charge in [0.25, 0.3) is 0 Å². The quantitative estimate of drug-likeness (QED) is 0.178. The van der Waals surface area contributed by atoms with E-state index in [2.05, 4.69) is 0 Å². The first kappa shape index (κ1) is 13.9. The molecule has 0 bridgehead atoms. The van der Waals surface area contributed by atoms with Crippen molar-refractivity contribution in [2.75, 3.05) is 0 Å². The normalized spacial score (nSPS) is 23.3. The second-order valence-corrected chi connectivity index (χ2v) is 3.00. The lowest BCUT2D eigenvalue weighted by Gasteiger charge is -2.37. The highest BCUT2D eigenvalue weighted by atomic mass is 16.4. The summed E-state index contributed by atoms with van der Waals surface area (Å²) in [6.45, 7) is 0. The second-order valence-electron chi connectivity index (χ2n) is 3.00. The summed E-state index contributed by atoms with van der Waals surface area (Å²) >= 11 is 0. The predicted octanol–water partition coefficient (Wildman–Crippen LogP) is -4.71. The van der Waals surface area contributed by atoms with Crippen LogP contribution in [0, 0.1) is 0 Å². The first-order valence-corrected chi connectivity index (χ1v) is 3.65. The predicted molar refractivity (Wildman–Crippen MR) is 44.0 cm³/mol. The molecule has 0 unspecified atom stereocenters. The lowest BCUT2D eigenvalue weighted by molar-refractivity contribution is -0.214. The van der Waals surface area contributed by atoms with Crippen LogP contribution >= 0.6 is 0 Å². The molecule has 0 saturated carbocycles. The summed E-state index contributed by atoms with van der Waals surface area (Å²) in [6, 6.07) is 0. The third kappa shape index (κ3) is 2.47. The van der Waals surface area contributed by atoms with Crippen LogP contribution in [0.5, 0.6) is 0 Å². The molecular formula is C6H12N2O7. The van der Waals surface area contributed by atoms with Gasteiger partial charge in [-0.1, -0.05) is 0 Å². The molecule has 0 aromatic heterocycles. The fourth-order valence-electron chi connectivity index (χ4n) is 0.707. The molecule has 0 rings (SSSR count). The molecule has 0 aromatic rings. The topological polar surface area (TPSA) is 187 Å². The Morgan fingerprint density at radius 2 is 1.67 bits per heavy atom. The molecule has 0 amide bonds. The van der Waals surface area contributed by atoms with Gasteiger partial charge in [-0.15, -0.1) is 0 Å². The monoisotopic (exact) mass is 224 g/mol. The fraction of sp³-hybridized carbons (Fsp3) is 0.667. The number of hydrogen-bond donors (Lipinski definition) is 7. The highest BCUT2D eigenvalue weighted by Crippen LogP contribution is 2.17. The SMILES string of the molecule is N[C@](O)([C@H](O)[C@H](O)C(=O)O)[C@](N)(O)C=O. The van der Waals surface area contributed by atoms with Crippen molar-refractivity contribution in [3.05, 3.63) is 0 Å². The van der Waals surface area contributed by atoms with Crippen LogP contribution in [0.25, 0.3) is 0 Å². The average molecular weight is 224 g/mol. The van der Waals surface area contributed by atoms with E-state index in [0.29, 0.717) is 0 Å². The maximum atomic E-state index is 10.2. The van der Waals surface area contributed by atoms with E-state index in [-0.39, 0.29) is 0 Å². The minimum absolute atomic E-state index is 0.398. The Bertz CT molecular complexity index is 264. The van der Waals surface area contributed by atoms with E-state index in [1.807, 2.05) is 0 Å². The maximum absolute atomic E-state index is 10.2. The van der Waals surface area contributed by atoms with Crippen LogP contribution in [0.4, 0.5) is 0 Å². The van der Waals surface area contributed by atoms with Gasteiger partial charge in [-0.25, -0.2) is 4.79 Å². The number of rotatable bonds is 5. The van der Waals surface area contributed by atoms with Crippen LogP contribution in [0.1, 0.15) is 0 Å². The van der Waals surface area contributed by atoms with Gasteiger partial charge in [0.15, 0.2) is 18.1 Å². The zero-order chi connectivity index (χ0) is 12.4. The number of carboxylic acid groups (broad SMARTS) is 1. The molecule has 0 saturated heterocycles. The number of nitrogens with two attached hydrogens (primary N) is 2. The van der Waals surface area contributed by atoms with Crippen molar-refractivity contribution in [2.24, 2.45) is 11.5 Å². The van der Waals surface area contributed by atoms with Crippen LogP contribution in [-0.4, -0.2) is 61.4 Å². The minimum atomic E-state index is -3.20. The molecule has 0 heterocycles. The number of aliphatic hydroxyl groups is 4. The Labute approximate surface area is 83.5 Å². The third-order valence-electron chi connectivity index (χ3n) is 1.82. The van der Waals surface area contributed by atoms with Crippen molar-refractivity contribution in [1.29, 1.82) is 0 Å². The highest BCUT2D eigenvalue weighted by Gasteiger charge is 2.53. The lowest BCUT2D eigenvalue weighted by atomic mass is 9.92. The standard InChI is InChI=1S/C6H12N2O7/c7-5(14,1-9)6(8,15)3(11)2(10)4(12)13/h1-3,10-11,14-15H,7-8H2,(H,12,13)/t2-,3+,5+,6-/m0/s1. The third-order valence-corrected chi connectivity index (χ3v) is 1.82. The largest absolute Gasteiger partial charge is 0.479 e. The van der Waals surface area contributed by atoms with Gasteiger partial charge in [0.05, 0.1) is 0 Å². The minimum Gasteiger partial charge on any atom is -0.479 e. The van der Waals surface area contributed by atoms with E-state index in [0.717, 1.165) is 0 Å². The molecule has 0 fully saturated rings. The van der Waals surface area contributed by atoms with Crippen molar-refractivity contribution < 1.29 is 35.1 Å². The van der Waals surface area contributed by atoms with Gasteiger partial charge in [-0.3, -0.25) is 16.3 Å². The van der Waals surface area contributed by atoms with Crippen LogP contribution in [0.3, 0.4) is 0 Å². The van der Waals surface area contributed by atoms with E-state index < -0.39 is 35.9 Å². The molecule has 15 heavy (non-hydrogen) atoms. The number of aldehydes is 1. The van der Waals surface area contributed by atoms with Gasteiger partial charge < -0.3 is 25.5 Å². The summed E-state index contributed by atoms with van der Waals surface area (Å²) in [6.07, 6.45) is -5.45. The first-order valence-electron chi connectivity index (χ1n) is 3.65. The molecule has 0 spiro atoms. The maximum Gasteiger partial charge on any atom is 0.335 e. The smallest absolute Gasteiger partial charge is 0.335 e. The molecule has 4 atom stereocenters. The lowest BCUT2D eigenvalue weighted by Crippen LogP contribution is -2.75. The van der Waals surface area contributed by atoms with Gasteiger partial charge in [-0.05, 0) is 0 Å². The van der Waals surface area contributed by atoms with Gasteiger partial charge in [0.2, 0.25) is 5.72 Å². The number of hydrogen-bond acceptors (Lipinski definition) is 8. The number of carbonyl (C=O) groups is 2. The number of aliphatic carboxylic acids is 1. The molecule has 0 aliphatic carbocycles.